The molecule has 2 nitrogen and oxygen atoms in total. The molecule has 0 spiro atoms. The van der Waals surface area contributed by atoms with E-state index < -0.39 is 0 Å². The molecule has 1 unspecified atom stereocenters. The van der Waals surface area contributed by atoms with Gasteiger partial charge in [-0.25, -0.2) is 9.37 Å². The van der Waals surface area contributed by atoms with E-state index >= 15 is 0 Å². The summed E-state index contributed by atoms with van der Waals surface area (Å²) in [5, 5.41) is 0.858. The Kier molecular flexibility index (Phi) is 4.60. The first-order valence-electron chi connectivity index (χ1n) is 5.82. The molecule has 0 aliphatic carbocycles. The van der Waals surface area contributed by atoms with E-state index in [-0.39, 0.29) is 11.9 Å². The lowest BCUT2D eigenvalue weighted by Gasteiger charge is -2.13. The van der Waals surface area contributed by atoms with Crippen molar-refractivity contribution < 1.29 is 4.39 Å². The molecular weight excluding hydrogens is 327 g/mol. The maximum atomic E-state index is 13.6. The highest BCUT2D eigenvalue weighted by molar-refractivity contribution is 9.10. The van der Waals surface area contributed by atoms with Gasteiger partial charge < -0.3 is 5.73 Å². The third kappa shape index (κ3) is 3.55. The van der Waals surface area contributed by atoms with Crippen LogP contribution in [0, 0.1) is 12.7 Å². The zero-order valence-electron chi connectivity index (χ0n) is 10.7. The van der Waals surface area contributed by atoms with E-state index in [0.29, 0.717) is 5.56 Å². The minimum Gasteiger partial charge on any atom is -0.324 e. The molecule has 0 saturated carbocycles. The number of nitrogens with zero attached hydrogens (tertiary/aromatic N) is 1. The van der Waals surface area contributed by atoms with Crippen molar-refractivity contribution in [2.45, 2.75) is 29.8 Å². The summed E-state index contributed by atoms with van der Waals surface area (Å²) in [6, 6.07) is 6.97. The van der Waals surface area contributed by atoms with Crippen LogP contribution in [0.4, 0.5) is 4.39 Å². The van der Waals surface area contributed by atoms with Crippen LogP contribution in [-0.4, -0.2) is 4.98 Å². The number of hydrogen-bond donors (Lipinski definition) is 1. The predicted octanol–water partition coefficient (Wildman–Crippen LogP) is 4.46. The summed E-state index contributed by atoms with van der Waals surface area (Å²) in [4.78, 5) is 5.26. The van der Waals surface area contributed by atoms with Crippen molar-refractivity contribution in [1.82, 2.24) is 4.98 Å². The van der Waals surface area contributed by atoms with Crippen LogP contribution in [0.15, 0.2) is 44.9 Å². The number of aryl methyl sites for hydroxylation is 1. The van der Waals surface area contributed by atoms with Crippen molar-refractivity contribution in [2.24, 2.45) is 5.73 Å². The quantitative estimate of drug-likeness (QED) is 0.896. The molecule has 0 aliphatic heterocycles. The zero-order valence-corrected chi connectivity index (χ0v) is 13.1. The Hall–Kier alpha value is -0.910. The molecule has 0 bridgehead atoms. The first-order valence-corrected chi connectivity index (χ1v) is 7.43. The Bertz CT molecular complexity index is 585. The Morgan fingerprint density at radius 3 is 2.68 bits per heavy atom. The highest BCUT2D eigenvalue weighted by Gasteiger charge is 2.12. The summed E-state index contributed by atoms with van der Waals surface area (Å²) in [6.07, 6.45) is 1.74. The molecule has 2 aromatic rings. The van der Waals surface area contributed by atoms with Gasteiger partial charge in [0.15, 0.2) is 0 Å². The minimum atomic E-state index is -0.222. The van der Waals surface area contributed by atoms with E-state index in [2.05, 4.69) is 20.9 Å². The fraction of sp³-hybridized carbons (Fsp3) is 0.214. The predicted molar refractivity (Wildman–Crippen MR) is 79.8 cm³/mol. The summed E-state index contributed by atoms with van der Waals surface area (Å²) in [5.41, 5.74) is 7.32. The molecule has 0 fully saturated rings. The van der Waals surface area contributed by atoms with Gasteiger partial charge in [-0.3, -0.25) is 0 Å². The van der Waals surface area contributed by atoms with Gasteiger partial charge in [-0.05, 0) is 65.2 Å². The van der Waals surface area contributed by atoms with Gasteiger partial charge >= 0.3 is 0 Å². The fourth-order valence-corrected chi connectivity index (χ4v) is 2.95. The number of halogens is 2. The topological polar surface area (TPSA) is 38.9 Å². The molecule has 5 heteroatoms. The number of aromatic nitrogens is 1. The average molecular weight is 341 g/mol. The van der Waals surface area contributed by atoms with Crippen molar-refractivity contribution in [2.75, 3.05) is 0 Å². The van der Waals surface area contributed by atoms with Crippen LogP contribution in [0.5, 0.6) is 0 Å². The molecule has 2 rings (SSSR count). The maximum Gasteiger partial charge on any atom is 0.126 e. The second kappa shape index (κ2) is 6.03. The Morgan fingerprint density at radius 1 is 1.37 bits per heavy atom. The number of nitrogens with two attached hydrogens (primary N) is 1. The van der Waals surface area contributed by atoms with Crippen LogP contribution < -0.4 is 5.73 Å². The first kappa shape index (κ1) is 14.5. The molecule has 100 valence electrons. The lowest BCUT2D eigenvalue weighted by Crippen LogP contribution is -2.07. The van der Waals surface area contributed by atoms with E-state index in [0.717, 1.165) is 20.0 Å². The second-order valence-electron chi connectivity index (χ2n) is 4.34. The highest BCUT2D eigenvalue weighted by atomic mass is 79.9. The largest absolute Gasteiger partial charge is 0.324 e. The molecule has 0 amide bonds. The van der Waals surface area contributed by atoms with Crippen LogP contribution >= 0.6 is 27.7 Å². The van der Waals surface area contributed by atoms with Crippen LogP contribution in [0.3, 0.4) is 0 Å². The molecule has 1 heterocycles. The van der Waals surface area contributed by atoms with Gasteiger partial charge in [-0.2, -0.15) is 0 Å². The number of pyridine rings is 1. The van der Waals surface area contributed by atoms with Crippen LogP contribution in [-0.2, 0) is 0 Å². The van der Waals surface area contributed by atoms with Gasteiger partial charge in [0.25, 0.3) is 0 Å². The lowest BCUT2D eigenvalue weighted by atomic mass is 10.1. The van der Waals surface area contributed by atoms with Crippen LogP contribution in [0.2, 0.25) is 0 Å². The molecule has 1 atom stereocenters. The summed E-state index contributed by atoms with van der Waals surface area (Å²) >= 11 is 4.84. The molecular formula is C14H14BrFN2S. The maximum absolute atomic E-state index is 13.6. The van der Waals surface area contributed by atoms with E-state index in [1.54, 1.807) is 13.1 Å². The normalized spacial score (nSPS) is 12.5. The minimum absolute atomic E-state index is 0.215. The van der Waals surface area contributed by atoms with Gasteiger partial charge in [-0.1, -0.05) is 11.8 Å². The van der Waals surface area contributed by atoms with Gasteiger partial charge in [0.05, 0.1) is 0 Å². The van der Waals surface area contributed by atoms with Gasteiger partial charge in [-0.15, -0.1) is 0 Å². The zero-order chi connectivity index (χ0) is 14.0. The molecule has 2 N–H and O–H groups in total. The highest BCUT2D eigenvalue weighted by Crippen LogP contribution is 2.33. The molecule has 1 aromatic carbocycles. The summed E-state index contributed by atoms with van der Waals surface area (Å²) in [7, 11) is 0. The monoisotopic (exact) mass is 340 g/mol. The number of rotatable bonds is 3. The molecule has 19 heavy (non-hydrogen) atoms. The van der Waals surface area contributed by atoms with Crippen molar-refractivity contribution in [3.63, 3.8) is 0 Å². The Labute approximate surface area is 124 Å². The van der Waals surface area contributed by atoms with E-state index in [4.69, 9.17) is 5.73 Å². The van der Waals surface area contributed by atoms with Crippen molar-refractivity contribution >= 4 is 27.7 Å². The number of hydrogen-bond acceptors (Lipinski definition) is 3. The van der Waals surface area contributed by atoms with E-state index in [1.165, 1.54) is 17.8 Å². The third-order valence-electron chi connectivity index (χ3n) is 2.70. The number of benzene rings is 1. The van der Waals surface area contributed by atoms with Crippen molar-refractivity contribution in [3.8, 4) is 0 Å². The summed E-state index contributed by atoms with van der Waals surface area (Å²) in [6.45, 7) is 3.60. The van der Waals surface area contributed by atoms with Gasteiger partial charge in [0.2, 0.25) is 0 Å². The van der Waals surface area contributed by atoms with Crippen molar-refractivity contribution in [3.05, 3.63) is 51.9 Å². The third-order valence-corrected chi connectivity index (χ3v) is 4.19. The lowest BCUT2D eigenvalue weighted by molar-refractivity contribution is 0.610. The smallest absolute Gasteiger partial charge is 0.126 e. The summed E-state index contributed by atoms with van der Waals surface area (Å²) < 4.78 is 14.6. The average Bonchev–Trinajstić information content (AvgIpc) is 2.36. The molecule has 0 aliphatic rings. The fourth-order valence-electron chi connectivity index (χ4n) is 1.65. The summed E-state index contributed by atoms with van der Waals surface area (Å²) in [5.74, 6) is -0.222. The van der Waals surface area contributed by atoms with Gasteiger partial charge in [0.1, 0.15) is 10.8 Å². The van der Waals surface area contributed by atoms with Crippen LogP contribution in [0.25, 0.3) is 0 Å². The Morgan fingerprint density at radius 2 is 2.11 bits per heavy atom. The van der Waals surface area contributed by atoms with Crippen LogP contribution in [0.1, 0.15) is 24.1 Å². The van der Waals surface area contributed by atoms with E-state index in [1.807, 2.05) is 25.1 Å². The Balaban J connectivity index is 2.38. The first-order chi connectivity index (χ1) is 8.97. The SMILES string of the molecule is Cc1cc(Sc2ccc(Br)cn2)c(C(C)N)cc1F. The van der Waals surface area contributed by atoms with E-state index in [9.17, 15) is 4.39 Å². The molecule has 0 radical (unpaired) electrons. The van der Waals surface area contributed by atoms with Crippen molar-refractivity contribution in [1.29, 1.82) is 0 Å². The second-order valence-corrected chi connectivity index (χ2v) is 6.32. The molecule has 0 saturated heterocycles. The standard InChI is InChI=1S/C14H14BrFN2S/c1-8-5-13(11(9(2)17)6-12(8)16)19-14-4-3-10(15)7-18-14/h3-7,9H,17H2,1-2H3. The molecule has 1 aromatic heterocycles. The van der Waals surface area contributed by atoms with Gasteiger partial charge in [0, 0.05) is 21.6 Å².